The zero-order valence-corrected chi connectivity index (χ0v) is 14.3. The molecule has 23 heavy (non-hydrogen) atoms. The van der Waals surface area contributed by atoms with E-state index in [9.17, 15) is 4.79 Å². The van der Waals surface area contributed by atoms with Crippen LogP contribution in [0.3, 0.4) is 0 Å². The van der Waals surface area contributed by atoms with Crippen molar-refractivity contribution in [3.05, 3.63) is 44.1 Å². The van der Waals surface area contributed by atoms with Gasteiger partial charge < -0.3 is 9.97 Å². The monoisotopic (exact) mass is 335 g/mol. The van der Waals surface area contributed by atoms with Crippen molar-refractivity contribution < 1.29 is 0 Å². The molecule has 2 N–H and O–H groups in total. The van der Waals surface area contributed by atoms with Crippen molar-refractivity contribution in [2.45, 2.75) is 52.6 Å². The molecule has 0 saturated carbocycles. The summed E-state index contributed by atoms with van der Waals surface area (Å²) in [6.45, 7) is 6.10. The minimum Gasteiger partial charge on any atom is -0.344 e. The molecule has 0 fully saturated rings. The third-order valence-corrected chi connectivity index (χ3v) is 4.50. The van der Waals surface area contributed by atoms with Gasteiger partial charge in [-0.25, -0.2) is 9.97 Å². The summed E-state index contributed by atoms with van der Waals surface area (Å²) < 4.78 is 0. The highest BCUT2D eigenvalue weighted by atomic mass is 35.5. The number of aromatic amines is 2. The van der Waals surface area contributed by atoms with Crippen LogP contribution in [0.25, 0.3) is 0 Å². The zero-order valence-electron chi connectivity index (χ0n) is 13.6. The Balaban J connectivity index is 1.72. The van der Waals surface area contributed by atoms with E-state index in [0.717, 1.165) is 55.0 Å². The van der Waals surface area contributed by atoms with Gasteiger partial charge in [0, 0.05) is 32.5 Å². The molecule has 124 valence electrons. The number of aryl methyl sites for hydroxylation is 2. The van der Waals surface area contributed by atoms with E-state index in [-0.39, 0.29) is 5.56 Å². The minimum atomic E-state index is -0.0310. The molecule has 1 aliphatic heterocycles. The van der Waals surface area contributed by atoms with Crippen LogP contribution in [0.1, 0.15) is 48.4 Å². The maximum absolute atomic E-state index is 12.1. The predicted molar refractivity (Wildman–Crippen MR) is 89.6 cm³/mol. The third kappa shape index (κ3) is 3.64. The molecule has 3 rings (SSSR count). The Morgan fingerprint density at radius 1 is 1.30 bits per heavy atom. The normalized spacial score (nSPS) is 14.9. The summed E-state index contributed by atoms with van der Waals surface area (Å²) in [6.07, 6.45) is 3.93. The summed E-state index contributed by atoms with van der Waals surface area (Å²) in [5, 5.41) is 0.540. The fourth-order valence-corrected chi connectivity index (χ4v) is 3.18. The lowest BCUT2D eigenvalue weighted by atomic mass is 10.1. The van der Waals surface area contributed by atoms with Crippen molar-refractivity contribution in [1.29, 1.82) is 0 Å². The highest BCUT2D eigenvalue weighted by molar-refractivity contribution is 6.30. The van der Waals surface area contributed by atoms with Crippen LogP contribution < -0.4 is 5.56 Å². The maximum atomic E-state index is 12.1. The number of halogens is 1. The first-order valence-corrected chi connectivity index (χ1v) is 8.49. The van der Waals surface area contributed by atoms with Gasteiger partial charge in [0.05, 0.1) is 17.0 Å². The lowest BCUT2D eigenvalue weighted by molar-refractivity contribution is 0.239. The van der Waals surface area contributed by atoms with Gasteiger partial charge in [-0.05, 0) is 13.3 Å². The smallest absolute Gasteiger partial charge is 0.255 e. The molecule has 0 amide bonds. The van der Waals surface area contributed by atoms with Crippen molar-refractivity contribution >= 4 is 11.6 Å². The van der Waals surface area contributed by atoms with Gasteiger partial charge in [-0.3, -0.25) is 9.69 Å². The first kappa shape index (κ1) is 16.2. The van der Waals surface area contributed by atoms with Gasteiger partial charge in [0.15, 0.2) is 5.15 Å². The van der Waals surface area contributed by atoms with Crippen LogP contribution in [0.4, 0.5) is 0 Å². The lowest BCUT2D eigenvalue weighted by Gasteiger charge is -2.27. The molecule has 0 aliphatic carbocycles. The highest BCUT2D eigenvalue weighted by Crippen LogP contribution is 2.20. The number of H-pyrrole nitrogens is 2. The lowest BCUT2D eigenvalue weighted by Crippen LogP contribution is -2.35. The van der Waals surface area contributed by atoms with Crippen molar-refractivity contribution in [2.75, 3.05) is 6.54 Å². The number of fused-ring (bicyclic) bond motifs is 1. The summed E-state index contributed by atoms with van der Waals surface area (Å²) in [5.74, 6) is 1.62. The molecule has 0 aromatic carbocycles. The third-order valence-electron chi connectivity index (χ3n) is 4.19. The van der Waals surface area contributed by atoms with E-state index in [1.165, 1.54) is 0 Å². The second kappa shape index (κ2) is 6.84. The Labute approximate surface area is 140 Å². The number of aromatic nitrogens is 4. The van der Waals surface area contributed by atoms with Crippen LogP contribution in [0, 0.1) is 6.92 Å². The van der Waals surface area contributed by atoms with Gasteiger partial charge in [-0.15, -0.1) is 0 Å². The molecule has 0 atom stereocenters. The topological polar surface area (TPSA) is 77.7 Å². The number of unbranched alkanes of at least 4 members (excludes halogenated alkanes) is 1. The molecule has 1 aliphatic rings. The van der Waals surface area contributed by atoms with Crippen LogP contribution in [0.15, 0.2) is 4.79 Å². The van der Waals surface area contributed by atoms with E-state index in [2.05, 4.69) is 31.8 Å². The average Bonchev–Trinajstić information content (AvgIpc) is 2.86. The van der Waals surface area contributed by atoms with Crippen molar-refractivity contribution in [3.63, 3.8) is 0 Å². The quantitative estimate of drug-likeness (QED) is 0.879. The van der Waals surface area contributed by atoms with Crippen LogP contribution >= 0.6 is 11.6 Å². The SMILES string of the molecule is CCCCc1nc(Cl)c(CN2CCc3nc(C)[nH]c(=O)c3C2)[nH]1. The van der Waals surface area contributed by atoms with Crippen molar-refractivity contribution in [2.24, 2.45) is 0 Å². The Hall–Kier alpha value is -1.66. The maximum Gasteiger partial charge on any atom is 0.255 e. The minimum absolute atomic E-state index is 0.0310. The molecule has 0 unspecified atom stereocenters. The molecule has 0 bridgehead atoms. The molecule has 0 saturated heterocycles. The first-order valence-electron chi connectivity index (χ1n) is 8.11. The fourth-order valence-electron chi connectivity index (χ4n) is 2.97. The molecular weight excluding hydrogens is 314 g/mol. The Morgan fingerprint density at radius 2 is 2.13 bits per heavy atom. The molecule has 6 nitrogen and oxygen atoms in total. The van der Waals surface area contributed by atoms with Gasteiger partial charge in [-0.1, -0.05) is 24.9 Å². The summed E-state index contributed by atoms with van der Waals surface area (Å²) in [5.41, 5.74) is 2.58. The molecule has 2 aromatic heterocycles. The molecule has 0 spiro atoms. The van der Waals surface area contributed by atoms with Gasteiger partial charge in [0.25, 0.3) is 5.56 Å². The van der Waals surface area contributed by atoms with E-state index < -0.39 is 0 Å². The first-order chi connectivity index (χ1) is 11.1. The van der Waals surface area contributed by atoms with Gasteiger partial charge in [0.1, 0.15) is 11.6 Å². The molecule has 7 heteroatoms. The second-order valence-electron chi connectivity index (χ2n) is 6.09. The Morgan fingerprint density at radius 3 is 2.91 bits per heavy atom. The van der Waals surface area contributed by atoms with E-state index in [4.69, 9.17) is 11.6 Å². The van der Waals surface area contributed by atoms with Crippen LogP contribution in [0.5, 0.6) is 0 Å². The van der Waals surface area contributed by atoms with Crippen LogP contribution in [-0.4, -0.2) is 31.4 Å². The van der Waals surface area contributed by atoms with Crippen LogP contribution in [0.2, 0.25) is 5.15 Å². The van der Waals surface area contributed by atoms with Crippen molar-refractivity contribution in [1.82, 2.24) is 24.8 Å². The van der Waals surface area contributed by atoms with Crippen LogP contribution in [-0.2, 0) is 25.9 Å². The summed E-state index contributed by atoms with van der Waals surface area (Å²) in [4.78, 5) is 29.2. The largest absolute Gasteiger partial charge is 0.344 e. The fraction of sp³-hybridized carbons (Fsp3) is 0.562. The van der Waals surface area contributed by atoms with Gasteiger partial charge in [-0.2, -0.15) is 0 Å². The highest BCUT2D eigenvalue weighted by Gasteiger charge is 2.22. The molecular formula is C16H22ClN5O. The molecule has 3 heterocycles. The average molecular weight is 336 g/mol. The van der Waals surface area contributed by atoms with Gasteiger partial charge >= 0.3 is 0 Å². The molecule has 2 aromatic rings. The number of nitrogens with one attached hydrogen (secondary N) is 2. The standard InChI is InChI=1S/C16H22ClN5O/c1-3-4-5-14-20-13(15(17)21-14)9-22-7-6-12-11(8-22)16(23)19-10(2)18-12/h3-9H2,1-2H3,(H,20,21)(H,18,19,23). The number of hydrogen-bond donors (Lipinski definition) is 2. The zero-order chi connectivity index (χ0) is 16.4. The van der Waals surface area contributed by atoms with E-state index in [0.29, 0.717) is 24.1 Å². The Bertz CT molecular complexity index is 751. The van der Waals surface area contributed by atoms with E-state index in [1.54, 1.807) is 0 Å². The summed E-state index contributed by atoms with van der Waals surface area (Å²) >= 11 is 6.25. The number of hydrogen-bond acceptors (Lipinski definition) is 4. The Kier molecular flexibility index (Phi) is 4.82. The number of nitrogens with zero attached hydrogens (tertiary/aromatic N) is 3. The second-order valence-corrected chi connectivity index (χ2v) is 6.45. The van der Waals surface area contributed by atoms with Crippen molar-refractivity contribution in [3.8, 4) is 0 Å². The summed E-state index contributed by atoms with van der Waals surface area (Å²) in [7, 11) is 0. The predicted octanol–water partition coefficient (Wildman–Crippen LogP) is 2.36. The number of rotatable bonds is 5. The van der Waals surface area contributed by atoms with E-state index in [1.807, 2.05) is 6.92 Å². The summed E-state index contributed by atoms with van der Waals surface area (Å²) in [6, 6.07) is 0. The number of imidazole rings is 1. The van der Waals surface area contributed by atoms with E-state index >= 15 is 0 Å². The molecule has 0 radical (unpaired) electrons. The van der Waals surface area contributed by atoms with Gasteiger partial charge in [0.2, 0.25) is 0 Å².